The predicted octanol–water partition coefficient (Wildman–Crippen LogP) is 6.67. The molecule has 0 bridgehead atoms. The fourth-order valence-electron chi connectivity index (χ4n) is 4.47. The van der Waals surface area contributed by atoms with E-state index in [4.69, 9.17) is 9.47 Å². The van der Waals surface area contributed by atoms with Gasteiger partial charge in [-0.1, -0.05) is 72.8 Å². The molecule has 2 atom stereocenters. The predicted molar refractivity (Wildman–Crippen MR) is 139 cm³/mol. The zero-order valence-electron chi connectivity index (χ0n) is 20.1. The molecule has 0 radical (unpaired) electrons. The van der Waals surface area contributed by atoms with E-state index >= 15 is 0 Å². The molecule has 37 heavy (non-hydrogen) atoms. The number of Topliss-reactive ketones (excluding diaryl/α,β-unsaturated/α-hetero) is 1. The standard InChI is InChI=1S/C31H26FNO4/c32-25-14-16-26(17-15-25)33-29(24-12-18-27(19-13-24)36-21-23-9-5-2-6-10-23)30(37-31(33)35)28(34)20-11-22-7-3-1-4-8-22/h1-10,12-19,29-30H,11,20-21H2/t29-,30?/m1/s1. The van der Waals surface area contributed by atoms with Gasteiger partial charge in [-0.15, -0.1) is 0 Å². The van der Waals surface area contributed by atoms with E-state index in [1.54, 1.807) is 0 Å². The second-order valence-electron chi connectivity index (χ2n) is 8.89. The number of amides is 1. The van der Waals surface area contributed by atoms with Crippen molar-refractivity contribution < 1.29 is 23.5 Å². The first-order valence-electron chi connectivity index (χ1n) is 12.2. The molecule has 1 unspecified atom stereocenters. The van der Waals surface area contributed by atoms with Gasteiger partial charge in [-0.2, -0.15) is 0 Å². The van der Waals surface area contributed by atoms with E-state index in [9.17, 15) is 14.0 Å². The Morgan fingerprint density at radius 1 is 0.811 bits per heavy atom. The molecule has 1 aliphatic heterocycles. The molecule has 186 valence electrons. The number of rotatable bonds is 9. The van der Waals surface area contributed by atoms with Crippen LogP contribution >= 0.6 is 0 Å². The first-order chi connectivity index (χ1) is 18.1. The maximum absolute atomic E-state index is 13.6. The van der Waals surface area contributed by atoms with Gasteiger partial charge in [0.15, 0.2) is 11.9 Å². The minimum Gasteiger partial charge on any atom is -0.489 e. The number of cyclic esters (lactones) is 1. The molecule has 0 aliphatic carbocycles. The van der Waals surface area contributed by atoms with Gasteiger partial charge in [0.25, 0.3) is 0 Å². The highest BCUT2D eigenvalue weighted by atomic mass is 19.1. The van der Waals surface area contributed by atoms with Crippen LogP contribution in [0, 0.1) is 5.82 Å². The second-order valence-corrected chi connectivity index (χ2v) is 8.89. The van der Waals surface area contributed by atoms with Crippen LogP contribution in [0.15, 0.2) is 109 Å². The minimum absolute atomic E-state index is 0.170. The number of carbonyl (C=O) groups excluding carboxylic acids is 2. The van der Waals surface area contributed by atoms with Gasteiger partial charge in [0, 0.05) is 12.1 Å². The normalized spacial score (nSPS) is 16.9. The van der Waals surface area contributed by atoms with Crippen molar-refractivity contribution in [2.24, 2.45) is 0 Å². The average molecular weight is 496 g/mol. The molecule has 1 aliphatic rings. The van der Waals surface area contributed by atoms with Crippen LogP contribution in [0.2, 0.25) is 0 Å². The smallest absolute Gasteiger partial charge is 0.415 e. The van der Waals surface area contributed by atoms with Crippen molar-refractivity contribution >= 4 is 17.6 Å². The van der Waals surface area contributed by atoms with Gasteiger partial charge in [0.1, 0.15) is 24.2 Å². The number of aryl methyl sites for hydroxylation is 1. The van der Waals surface area contributed by atoms with Gasteiger partial charge in [0.2, 0.25) is 0 Å². The summed E-state index contributed by atoms with van der Waals surface area (Å²) < 4.78 is 25.1. The molecule has 1 heterocycles. The number of carbonyl (C=O) groups is 2. The van der Waals surface area contributed by atoms with Crippen LogP contribution in [0.5, 0.6) is 5.75 Å². The van der Waals surface area contributed by atoms with E-state index in [0.717, 1.165) is 16.7 Å². The molecule has 1 amide bonds. The number of ketones is 1. The number of ether oxygens (including phenoxy) is 2. The van der Waals surface area contributed by atoms with Crippen LogP contribution < -0.4 is 9.64 Å². The summed E-state index contributed by atoms with van der Waals surface area (Å²) in [6.07, 6.45) is -0.853. The lowest BCUT2D eigenvalue weighted by atomic mass is 9.94. The molecule has 0 saturated carbocycles. The quantitative estimate of drug-likeness (QED) is 0.260. The molecule has 4 aromatic carbocycles. The first-order valence-corrected chi connectivity index (χ1v) is 12.2. The molecular weight excluding hydrogens is 469 g/mol. The maximum Gasteiger partial charge on any atom is 0.415 e. The van der Waals surface area contributed by atoms with Gasteiger partial charge in [0.05, 0.1) is 0 Å². The highest BCUT2D eigenvalue weighted by Crippen LogP contribution is 2.39. The molecule has 0 spiro atoms. The number of hydrogen-bond acceptors (Lipinski definition) is 4. The zero-order valence-corrected chi connectivity index (χ0v) is 20.1. The fourth-order valence-corrected chi connectivity index (χ4v) is 4.47. The summed E-state index contributed by atoms with van der Waals surface area (Å²) in [7, 11) is 0. The Morgan fingerprint density at radius 3 is 2.08 bits per heavy atom. The number of nitrogens with zero attached hydrogens (tertiary/aromatic N) is 1. The molecule has 1 saturated heterocycles. The Kier molecular flexibility index (Phi) is 7.26. The van der Waals surface area contributed by atoms with Crippen molar-refractivity contribution in [1.82, 2.24) is 0 Å². The van der Waals surface area contributed by atoms with Gasteiger partial charge in [-0.05, 0) is 59.5 Å². The Labute approximate surface area is 215 Å². The molecule has 5 nitrogen and oxygen atoms in total. The van der Waals surface area contributed by atoms with Gasteiger partial charge < -0.3 is 9.47 Å². The third-order valence-electron chi connectivity index (χ3n) is 6.38. The van der Waals surface area contributed by atoms with Crippen molar-refractivity contribution in [2.45, 2.75) is 31.6 Å². The minimum atomic E-state index is -0.989. The molecule has 1 fully saturated rings. The van der Waals surface area contributed by atoms with Gasteiger partial charge in [-0.3, -0.25) is 9.69 Å². The third-order valence-corrected chi connectivity index (χ3v) is 6.38. The van der Waals surface area contributed by atoms with Crippen molar-refractivity contribution in [2.75, 3.05) is 4.90 Å². The van der Waals surface area contributed by atoms with E-state index in [2.05, 4.69) is 0 Å². The molecule has 0 N–H and O–H groups in total. The highest BCUT2D eigenvalue weighted by Gasteiger charge is 2.47. The molecule has 6 heteroatoms. The summed E-state index contributed by atoms with van der Waals surface area (Å²) in [6.45, 7) is 0.424. The SMILES string of the molecule is O=C(CCc1ccccc1)C1OC(=O)N(c2ccc(F)cc2)[C@@H]1c1ccc(OCc2ccccc2)cc1. The fraction of sp³-hybridized carbons (Fsp3) is 0.161. The zero-order chi connectivity index (χ0) is 25.6. The summed E-state index contributed by atoms with van der Waals surface area (Å²) in [5.74, 6) is 0.0811. The summed E-state index contributed by atoms with van der Waals surface area (Å²) in [4.78, 5) is 27.7. The number of halogens is 1. The molecule has 5 rings (SSSR count). The van der Waals surface area contributed by atoms with E-state index in [0.29, 0.717) is 24.5 Å². The Bertz CT molecular complexity index is 1340. The van der Waals surface area contributed by atoms with Crippen LogP contribution in [-0.2, 0) is 22.6 Å². The van der Waals surface area contributed by atoms with E-state index in [-0.39, 0.29) is 12.2 Å². The lowest BCUT2D eigenvalue weighted by molar-refractivity contribution is -0.126. The van der Waals surface area contributed by atoms with Crippen LogP contribution in [-0.4, -0.2) is 18.0 Å². The Hall–Kier alpha value is -4.45. The van der Waals surface area contributed by atoms with Crippen LogP contribution in [0.4, 0.5) is 14.9 Å². The number of anilines is 1. The maximum atomic E-state index is 13.6. The number of hydrogen-bond donors (Lipinski definition) is 0. The van der Waals surface area contributed by atoms with E-state index in [1.807, 2.05) is 84.9 Å². The van der Waals surface area contributed by atoms with Crippen LogP contribution in [0.3, 0.4) is 0 Å². The Balaban J connectivity index is 1.39. The average Bonchev–Trinajstić information content (AvgIpc) is 3.29. The van der Waals surface area contributed by atoms with E-state index in [1.165, 1.54) is 29.2 Å². The third kappa shape index (κ3) is 5.70. The molecule has 4 aromatic rings. The highest BCUT2D eigenvalue weighted by molar-refractivity contribution is 5.97. The summed E-state index contributed by atoms with van der Waals surface area (Å²) in [5, 5.41) is 0. The molecule has 0 aromatic heterocycles. The van der Waals surface area contributed by atoms with Crippen LogP contribution in [0.25, 0.3) is 0 Å². The van der Waals surface area contributed by atoms with E-state index < -0.39 is 24.1 Å². The van der Waals surface area contributed by atoms with Crippen molar-refractivity contribution in [3.05, 3.63) is 132 Å². The summed E-state index contributed by atoms with van der Waals surface area (Å²) in [6, 6.07) is 31.7. The summed E-state index contributed by atoms with van der Waals surface area (Å²) >= 11 is 0. The van der Waals surface area contributed by atoms with Crippen LogP contribution in [0.1, 0.15) is 29.2 Å². The lowest BCUT2D eigenvalue weighted by Crippen LogP contribution is -2.33. The topological polar surface area (TPSA) is 55.8 Å². The first kappa shape index (κ1) is 24.3. The lowest BCUT2D eigenvalue weighted by Gasteiger charge is -2.25. The number of benzene rings is 4. The second kappa shape index (κ2) is 11.1. The van der Waals surface area contributed by atoms with Crippen molar-refractivity contribution in [1.29, 1.82) is 0 Å². The summed E-state index contributed by atoms with van der Waals surface area (Å²) in [5.41, 5.74) is 3.26. The van der Waals surface area contributed by atoms with Gasteiger partial charge >= 0.3 is 6.09 Å². The van der Waals surface area contributed by atoms with Crippen molar-refractivity contribution in [3.63, 3.8) is 0 Å². The van der Waals surface area contributed by atoms with Crippen molar-refractivity contribution in [3.8, 4) is 5.75 Å². The monoisotopic (exact) mass is 495 g/mol. The largest absolute Gasteiger partial charge is 0.489 e. The molecular formula is C31H26FNO4. The Morgan fingerprint density at radius 2 is 1.43 bits per heavy atom. The van der Waals surface area contributed by atoms with Gasteiger partial charge in [-0.25, -0.2) is 9.18 Å².